The molecule has 1 saturated heterocycles. The van der Waals surface area contributed by atoms with Crippen molar-refractivity contribution in [1.29, 1.82) is 0 Å². The van der Waals surface area contributed by atoms with E-state index in [1.54, 1.807) is 30.5 Å². The zero-order valence-electron chi connectivity index (χ0n) is 18.4. The van der Waals surface area contributed by atoms with E-state index < -0.39 is 5.82 Å². The Balaban J connectivity index is 1.39. The number of hydrogen-bond acceptors (Lipinski definition) is 5. The minimum absolute atomic E-state index is 0.0299. The molecule has 0 spiro atoms. The Bertz CT molecular complexity index is 1270. The Morgan fingerprint density at radius 2 is 1.82 bits per heavy atom. The number of nitrogens with zero attached hydrogens (tertiary/aromatic N) is 5. The van der Waals surface area contributed by atoms with E-state index in [2.05, 4.69) is 56.6 Å². The van der Waals surface area contributed by atoms with Crippen molar-refractivity contribution in [3.8, 4) is 0 Å². The number of rotatable bonds is 5. The third kappa shape index (κ3) is 4.48. The van der Waals surface area contributed by atoms with Gasteiger partial charge in [0.05, 0.1) is 17.3 Å². The van der Waals surface area contributed by atoms with Crippen LogP contribution in [0.25, 0.3) is 5.65 Å². The summed E-state index contributed by atoms with van der Waals surface area (Å²) in [7, 11) is 2.08. The van der Waals surface area contributed by atoms with Crippen LogP contribution in [0.15, 0.2) is 72.9 Å². The van der Waals surface area contributed by atoms with E-state index in [4.69, 9.17) is 0 Å². The summed E-state index contributed by atoms with van der Waals surface area (Å²) in [4.78, 5) is 17.5. The van der Waals surface area contributed by atoms with E-state index in [1.165, 1.54) is 17.7 Å². The number of pyridine rings is 1. The number of carbonyl (C=O) groups excluding carboxylic acids is 1. The molecule has 3 heterocycles. The molecule has 0 saturated carbocycles. The van der Waals surface area contributed by atoms with Crippen molar-refractivity contribution < 1.29 is 9.18 Å². The van der Waals surface area contributed by atoms with E-state index in [9.17, 15) is 9.18 Å². The van der Waals surface area contributed by atoms with Gasteiger partial charge in [0.1, 0.15) is 5.82 Å². The van der Waals surface area contributed by atoms with Crippen molar-refractivity contribution in [3.63, 3.8) is 0 Å². The second kappa shape index (κ2) is 9.09. The normalized spacial score (nSPS) is 17.3. The number of halogens is 1. The maximum Gasteiger partial charge on any atom is 0.257 e. The SMILES string of the molecule is CN1CCN(Cc2ccccc2)C[C@H]1c1nnc2ccc(C(=O)Nc3ccccc3F)cn12. The minimum atomic E-state index is -0.473. The molecule has 1 N–H and O–H groups in total. The Morgan fingerprint density at radius 3 is 2.64 bits per heavy atom. The van der Waals surface area contributed by atoms with Gasteiger partial charge in [0.15, 0.2) is 11.5 Å². The monoisotopic (exact) mass is 444 g/mol. The summed E-state index contributed by atoms with van der Waals surface area (Å²) in [5.41, 5.74) is 2.50. The summed E-state index contributed by atoms with van der Waals surface area (Å²) in [6.07, 6.45) is 1.73. The van der Waals surface area contributed by atoms with Crippen molar-refractivity contribution in [1.82, 2.24) is 24.4 Å². The molecule has 4 aromatic rings. The van der Waals surface area contributed by atoms with Crippen LogP contribution in [0.2, 0.25) is 0 Å². The van der Waals surface area contributed by atoms with Crippen LogP contribution in [-0.4, -0.2) is 57.0 Å². The van der Waals surface area contributed by atoms with E-state index in [-0.39, 0.29) is 17.6 Å². The van der Waals surface area contributed by atoms with Crippen LogP contribution < -0.4 is 5.32 Å². The van der Waals surface area contributed by atoms with Gasteiger partial charge in [0.25, 0.3) is 5.91 Å². The van der Waals surface area contributed by atoms with Crippen LogP contribution in [0, 0.1) is 5.82 Å². The molecule has 0 bridgehead atoms. The van der Waals surface area contributed by atoms with Crippen LogP contribution in [-0.2, 0) is 6.54 Å². The van der Waals surface area contributed by atoms with Gasteiger partial charge in [-0.1, -0.05) is 42.5 Å². The third-order valence-electron chi connectivity index (χ3n) is 6.09. The molecule has 2 aromatic carbocycles. The Morgan fingerprint density at radius 1 is 1.03 bits per heavy atom. The van der Waals surface area contributed by atoms with Crippen LogP contribution in [0.1, 0.15) is 27.8 Å². The van der Waals surface area contributed by atoms with Crippen molar-refractivity contribution in [3.05, 3.63) is 95.7 Å². The lowest BCUT2D eigenvalue weighted by Crippen LogP contribution is -2.46. The van der Waals surface area contributed by atoms with Gasteiger partial charge in [-0.2, -0.15) is 0 Å². The molecule has 0 radical (unpaired) electrons. The lowest BCUT2D eigenvalue weighted by atomic mass is 10.1. The third-order valence-corrected chi connectivity index (χ3v) is 6.09. The average Bonchev–Trinajstić information content (AvgIpc) is 3.25. The van der Waals surface area contributed by atoms with Crippen LogP contribution in [0.5, 0.6) is 0 Å². The lowest BCUT2D eigenvalue weighted by molar-refractivity contribution is 0.0852. The minimum Gasteiger partial charge on any atom is -0.319 e. The van der Waals surface area contributed by atoms with Crippen molar-refractivity contribution >= 4 is 17.2 Å². The first-order valence-electron chi connectivity index (χ1n) is 11.0. The van der Waals surface area contributed by atoms with Crippen LogP contribution in [0.3, 0.4) is 0 Å². The van der Waals surface area contributed by atoms with Gasteiger partial charge in [0.2, 0.25) is 0 Å². The van der Waals surface area contributed by atoms with E-state index in [1.807, 2.05) is 10.5 Å². The van der Waals surface area contributed by atoms with Gasteiger partial charge in [-0.15, -0.1) is 10.2 Å². The quantitative estimate of drug-likeness (QED) is 0.510. The number of benzene rings is 2. The number of fused-ring (bicyclic) bond motifs is 1. The molecule has 7 nitrogen and oxygen atoms in total. The number of nitrogens with one attached hydrogen (secondary N) is 1. The summed E-state index contributed by atoms with van der Waals surface area (Å²) in [5, 5.41) is 11.4. The summed E-state index contributed by atoms with van der Waals surface area (Å²) in [5.74, 6) is -0.0746. The van der Waals surface area contributed by atoms with Gasteiger partial charge in [-0.05, 0) is 36.9 Å². The predicted octanol–water partition coefficient (Wildman–Crippen LogP) is 3.61. The topological polar surface area (TPSA) is 65.8 Å². The molecule has 1 aliphatic heterocycles. The van der Waals surface area contributed by atoms with E-state index in [0.29, 0.717) is 11.2 Å². The molecule has 0 aliphatic carbocycles. The molecule has 168 valence electrons. The Labute approximate surface area is 191 Å². The molecular formula is C25H25FN6O. The number of para-hydroxylation sites is 1. The van der Waals surface area contributed by atoms with E-state index in [0.717, 1.165) is 32.0 Å². The number of hydrogen-bond donors (Lipinski definition) is 1. The summed E-state index contributed by atoms with van der Waals surface area (Å²) >= 11 is 0. The Kier molecular flexibility index (Phi) is 5.85. The molecular weight excluding hydrogens is 419 g/mol. The predicted molar refractivity (Wildman–Crippen MR) is 124 cm³/mol. The van der Waals surface area contributed by atoms with Crippen LogP contribution in [0.4, 0.5) is 10.1 Å². The lowest BCUT2D eigenvalue weighted by Gasteiger charge is -2.38. The number of anilines is 1. The highest BCUT2D eigenvalue weighted by molar-refractivity contribution is 6.04. The highest BCUT2D eigenvalue weighted by Gasteiger charge is 2.29. The average molecular weight is 445 g/mol. The molecule has 2 aromatic heterocycles. The first-order chi connectivity index (χ1) is 16.1. The van der Waals surface area contributed by atoms with Crippen LogP contribution >= 0.6 is 0 Å². The molecule has 5 rings (SSSR count). The fourth-order valence-electron chi connectivity index (χ4n) is 4.22. The molecule has 1 aliphatic rings. The highest BCUT2D eigenvalue weighted by Crippen LogP contribution is 2.25. The Hall–Kier alpha value is -3.62. The summed E-state index contributed by atoms with van der Waals surface area (Å²) < 4.78 is 15.8. The molecule has 1 fully saturated rings. The zero-order chi connectivity index (χ0) is 22.8. The second-order valence-corrected chi connectivity index (χ2v) is 8.36. The smallest absolute Gasteiger partial charge is 0.257 e. The maximum atomic E-state index is 14.0. The van der Waals surface area contributed by atoms with E-state index >= 15 is 0 Å². The molecule has 33 heavy (non-hydrogen) atoms. The van der Waals surface area contributed by atoms with Gasteiger partial charge in [-0.3, -0.25) is 19.0 Å². The zero-order valence-corrected chi connectivity index (χ0v) is 18.4. The fourth-order valence-corrected chi connectivity index (χ4v) is 4.22. The molecule has 1 atom stereocenters. The maximum absolute atomic E-state index is 14.0. The van der Waals surface area contributed by atoms with Gasteiger partial charge in [-0.25, -0.2) is 4.39 Å². The second-order valence-electron chi connectivity index (χ2n) is 8.36. The standard InChI is InChI=1S/C25H25FN6O/c1-30-13-14-31(15-18-7-3-2-4-8-18)17-22(30)24-29-28-23-12-11-19(16-32(23)24)25(33)27-21-10-6-5-9-20(21)26/h2-12,16,22H,13-15,17H2,1H3,(H,27,33)/t22-/m0/s1. The largest absolute Gasteiger partial charge is 0.319 e. The number of likely N-dealkylation sites (N-methyl/N-ethyl adjacent to an activating group) is 1. The van der Waals surface area contributed by atoms with Gasteiger partial charge < -0.3 is 5.32 Å². The van der Waals surface area contributed by atoms with Crippen molar-refractivity contribution in [2.24, 2.45) is 0 Å². The fraction of sp³-hybridized carbons (Fsp3) is 0.240. The number of aromatic nitrogens is 3. The highest BCUT2D eigenvalue weighted by atomic mass is 19.1. The van der Waals surface area contributed by atoms with Crippen molar-refractivity contribution in [2.45, 2.75) is 12.6 Å². The van der Waals surface area contributed by atoms with Crippen molar-refractivity contribution in [2.75, 3.05) is 32.0 Å². The molecule has 1 amide bonds. The summed E-state index contributed by atoms with van der Waals surface area (Å²) in [6.45, 7) is 3.55. The summed E-state index contributed by atoms with van der Waals surface area (Å²) in [6, 6.07) is 20.0. The first-order valence-corrected chi connectivity index (χ1v) is 11.0. The van der Waals surface area contributed by atoms with Gasteiger partial charge >= 0.3 is 0 Å². The van der Waals surface area contributed by atoms with Gasteiger partial charge in [0, 0.05) is 32.4 Å². The number of carbonyl (C=O) groups is 1. The first kappa shape index (κ1) is 21.2. The number of piperazine rings is 1. The number of amides is 1. The molecule has 0 unspecified atom stereocenters. The molecule has 8 heteroatoms.